The molecule has 2 fully saturated rings. The van der Waals surface area contributed by atoms with Crippen molar-refractivity contribution in [1.82, 2.24) is 10.2 Å². The number of nitrogens with one attached hydrogen (secondary N) is 1. The molecule has 0 aromatic rings. The summed E-state index contributed by atoms with van der Waals surface area (Å²) in [4.78, 5) is 2.62. The van der Waals surface area contributed by atoms with E-state index < -0.39 is 0 Å². The highest BCUT2D eigenvalue weighted by Crippen LogP contribution is 2.33. The van der Waals surface area contributed by atoms with Crippen molar-refractivity contribution in [3.8, 4) is 0 Å². The van der Waals surface area contributed by atoms with E-state index in [9.17, 15) is 0 Å². The van der Waals surface area contributed by atoms with Gasteiger partial charge in [-0.05, 0) is 63.1 Å². The van der Waals surface area contributed by atoms with Gasteiger partial charge in [0.05, 0.1) is 0 Å². The molecule has 1 unspecified atom stereocenters. The van der Waals surface area contributed by atoms with Gasteiger partial charge in [-0.15, -0.1) is 0 Å². The Morgan fingerprint density at radius 3 is 2.42 bits per heavy atom. The predicted octanol–water partition coefficient (Wildman–Crippen LogP) is 3.52. The summed E-state index contributed by atoms with van der Waals surface area (Å²) >= 11 is 0. The van der Waals surface area contributed by atoms with Crippen molar-refractivity contribution in [2.45, 2.75) is 58.8 Å². The summed E-state index contributed by atoms with van der Waals surface area (Å²) in [6.45, 7) is 9.98. The van der Waals surface area contributed by atoms with Gasteiger partial charge >= 0.3 is 0 Å². The maximum atomic E-state index is 3.58. The highest BCUT2D eigenvalue weighted by atomic mass is 15.1. The quantitative estimate of drug-likeness (QED) is 0.819. The molecule has 0 aromatic heterocycles. The van der Waals surface area contributed by atoms with E-state index in [1.54, 1.807) is 0 Å². The molecular formula is C17H34N2. The van der Waals surface area contributed by atoms with Gasteiger partial charge in [0, 0.05) is 13.1 Å². The zero-order chi connectivity index (χ0) is 13.7. The molecule has 112 valence electrons. The lowest BCUT2D eigenvalue weighted by atomic mass is 9.74. The zero-order valence-electron chi connectivity index (χ0n) is 13.4. The molecule has 2 aliphatic rings. The fourth-order valence-corrected chi connectivity index (χ4v) is 4.22. The summed E-state index contributed by atoms with van der Waals surface area (Å²) in [5.41, 5.74) is 0.455. The van der Waals surface area contributed by atoms with Gasteiger partial charge in [-0.2, -0.15) is 0 Å². The summed E-state index contributed by atoms with van der Waals surface area (Å²) in [7, 11) is 2.34. The summed E-state index contributed by atoms with van der Waals surface area (Å²) in [6, 6.07) is 0. The van der Waals surface area contributed by atoms with E-state index in [4.69, 9.17) is 0 Å². The van der Waals surface area contributed by atoms with Gasteiger partial charge in [0.2, 0.25) is 0 Å². The Bertz CT molecular complexity index is 250. The van der Waals surface area contributed by atoms with Crippen molar-refractivity contribution < 1.29 is 0 Å². The normalized spacial score (nSPS) is 26.8. The van der Waals surface area contributed by atoms with Gasteiger partial charge in [-0.25, -0.2) is 0 Å². The van der Waals surface area contributed by atoms with Crippen LogP contribution in [0.15, 0.2) is 0 Å². The molecule has 1 saturated carbocycles. The molecule has 1 atom stereocenters. The standard InChI is InChI=1S/C17H34N2/c1-17(2,16-10-7-11-18-12-16)14-19(3)13-15-8-5-4-6-9-15/h15-16,18H,4-14H2,1-3H3. The van der Waals surface area contributed by atoms with Gasteiger partial charge < -0.3 is 10.2 Å². The monoisotopic (exact) mass is 266 g/mol. The summed E-state index contributed by atoms with van der Waals surface area (Å²) in [5, 5.41) is 3.58. The van der Waals surface area contributed by atoms with Crippen molar-refractivity contribution in [3.63, 3.8) is 0 Å². The van der Waals surface area contributed by atoms with Crippen LogP contribution in [0.3, 0.4) is 0 Å². The molecule has 2 rings (SSSR count). The molecule has 1 saturated heterocycles. The van der Waals surface area contributed by atoms with E-state index >= 15 is 0 Å². The van der Waals surface area contributed by atoms with Crippen molar-refractivity contribution >= 4 is 0 Å². The first-order valence-corrected chi connectivity index (χ1v) is 8.47. The summed E-state index contributed by atoms with van der Waals surface area (Å²) in [5.74, 6) is 1.83. The Balaban J connectivity index is 1.77. The van der Waals surface area contributed by atoms with Crippen LogP contribution in [0, 0.1) is 17.3 Å². The van der Waals surface area contributed by atoms with Crippen LogP contribution >= 0.6 is 0 Å². The lowest BCUT2D eigenvalue weighted by Crippen LogP contribution is -2.44. The first-order chi connectivity index (χ1) is 9.08. The summed E-state index contributed by atoms with van der Waals surface area (Å²) in [6.07, 6.45) is 10.1. The van der Waals surface area contributed by atoms with Crippen LogP contribution in [0.4, 0.5) is 0 Å². The topological polar surface area (TPSA) is 15.3 Å². The fraction of sp³-hybridized carbons (Fsp3) is 1.00. The molecule has 0 aromatic carbocycles. The molecule has 0 spiro atoms. The number of nitrogens with zero attached hydrogens (tertiary/aromatic N) is 1. The van der Waals surface area contributed by atoms with Crippen LogP contribution in [-0.2, 0) is 0 Å². The Morgan fingerprint density at radius 2 is 1.79 bits per heavy atom. The molecule has 0 bridgehead atoms. The third-order valence-corrected chi connectivity index (χ3v) is 5.37. The van der Waals surface area contributed by atoms with Crippen LogP contribution in [0.1, 0.15) is 58.8 Å². The van der Waals surface area contributed by atoms with Crippen LogP contribution in [0.2, 0.25) is 0 Å². The fourth-order valence-electron chi connectivity index (χ4n) is 4.22. The Labute approximate surface area is 120 Å². The molecule has 0 amide bonds. The van der Waals surface area contributed by atoms with E-state index in [1.165, 1.54) is 71.1 Å². The summed E-state index contributed by atoms with van der Waals surface area (Å²) < 4.78 is 0. The number of rotatable bonds is 5. The second kappa shape index (κ2) is 7.08. The van der Waals surface area contributed by atoms with Gasteiger partial charge in [-0.3, -0.25) is 0 Å². The minimum atomic E-state index is 0.455. The average molecular weight is 266 g/mol. The zero-order valence-corrected chi connectivity index (χ0v) is 13.4. The van der Waals surface area contributed by atoms with Crippen LogP contribution in [-0.4, -0.2) is 38.1 Å². The van der Waals surface area contributed by atoms with Crippen molar-refractivity contribution in [3.05, 3.63) is 0 Å². The number of hydrogen-bond acceptors (Lipinski definition) is 2. The maximum absolute atomic E-state index is 3.58. The van der Waals surface area contributed by atoms with Crippen LogP contribution in [0.5, 0.6) is 0 Å². The third kappa shape index (κ3) is 4.75. The molecule has 1 aliphatic heterocycles. The smallest absolute Gasteiger partial charge is 0.00329 e. The van der Waals surface area contributed by atoms with Gasteiger partial charge in [0.15, 0.2) is 0 Å². The third-order valence-electron chi connectivity index (χ3n) is 5.37. The highest BCUT2D eigenvalue weighted by molar-refractivity contribution is 4.85. The van der Waals surface area contributed by atoms with Crippen molar-refractivity contribution in [2.75, 3.05) is 33.2 Å². The lowest BCUT2D eigenvalue weighted by molar-refractivity contribution is 0.101. The number of piperidine rings is 1. The van der Waals surface area contributed by atoms with E-state index in [0.717, 1.165) is 11.8 Å². The minimum absolute atomic E-state index is 0.455. The van der Waals surface area contributed by atoms with Gasteiger partial charge in [0.1, 0.15) is 0 Å². The second-order valence-corrected chi connectivity index (χ2v) is 7.73. The highest BCUT2D eigenvalue weighted by Gasteiger charge is 2.32. The van der Waals surface area contributed by atoms with E-state index in [0.29, 0.717) is 5.41 Å². The maximum Gasteiger partial charge on any atom is 0.00329 e. The Morgan fingerprint density at radius 1 is 1.05 bits per heavy atom. The largest absolute Gasteiger partial charge is 0.316 e. The molecule has 1 aliphatic carbocycles. The molecule has 1 heterocycles. The predicted molar refractivity (Wildman–Crippen MR) is 83.4 cm³/mol. The Kier molecular flexibility index (Phi) is 5.70. The molecule has 19 heavy (non-hydrogen) atoms. The van der Waals surface area contributed by atoms with E-state index in [2.05, 4.69) is 31.1 Å². The minimum Gasteiger partial charge on any atom is -0.316 e. The molecular weight excluding hydrogens is 232 g/mol. The average Bonchev–Trinajstić information content (AvgIpc) is 2.40. The molecule has 2 nitrogen and oxygen atoms in total. The van der Waals surface area contributed by atoms with Gasteiger partial charge in [-0.1, -0.05) is 33.1 Å². The van der Waals surface area contributed by atoms with Gasteiger partial charge in [0.25, 0.3) is 0 Å². The van der Waals surface area contributed by atoms with E-state index in [1.807, 2.05) is 0 Å². The first kappa shape index (κ1) is 15.3. The molecule has 2 heteroatoms. The van der Waals surface area contributed by atoms with Crippen LogP contribution in [0.25, 0.3) is 0 Å². The van der Waals surface area contributed by atoms with Crippen molar-refractivity contribution in [2.24, 2.45) is 17.3 Å². The first-order valence-electron chi connectivity index (χ1n) is 8.47. The second-order valence-electron chi connectivity index (χ2n) is 7.73. The van der Waals surface area contributed by atoms with Crippen LogP contribution < -0.4 is 5.32 Å². The van der Waals surface area contributed by atoms with E-state index in [-0.39, 0.29) is 0 Å². The van der Waals surface area contributed by atoms with Crippen molar-refractivity contribution in [1.29, 1.82) is 0 Å². The molecule has 1 N–H and O–H groups in total. The molecule has 0 radical (unpaired) electrons. The lowest BCUT2D eigenvalue weighted by Gasteiger charge is -2.40. The number of hydrogen-bond donors (Lipinski definition) is 1. The SMILES string of the molecule is CN(CC1CCCCC1)CC(C)(C)C1CCCNC1. The Hall–Kier alpha value is -0.0800.